The fourth-order valence-corrected chi connectivity index (χ4v) is 2.42. The van der Waals surface area contributed by atoms with Crippen LogP contribution in [0.4, 0.5) is 5.69 Å². The number of aliphatic carboxylic acids is 1. The van der Waals surface area contributed by atoms with Gasteiger partial charge in [-0.2, -0.15) is 0 Å². The molecule has 0 radical (unpaired) electrons. The van der Waals surface area contributed by atoms with Gasteiger partial charge >= 0.3 is 5.97 Å². The highest BCUT2D eigenvalue weighted by Gasteiger charge is 2.07. The first kappa shape index (κ1) is 18.5. The van der Waals surface area contributed by atoms with Crippen molar-refractivity contribution in [3.63, 3.8) is 0 Å². The monoisotopic (exact) mass is 341 g/mol. The predicted molar refractivity (Wildman–Crippen MR) is 97.1 cm³/mol. The van der Waals surface area contributed by atoms with E-state index in [1.165, 1.54) is 5.56 Å². The quantitative estimate of drug-likeness (QED) is 0.769. The fourth-order valence-electron chi connectivity index (χ4n) is 2.42. The topological polar surface area (TPSA) is 75.6 Å². The summed E-state index contributed by atoms with van der Waals surface area (Å²) in [5.41, 5.74) is 3.95. The third-order valence-electron chi connectivity index (χ3n) is 3.91. The van der Waals surface area contributed by atoms with E-state index in [0.29, 0.717) is 24.3 Å². The van der Waals surface area contributed by atoms with Gasteiger partial charge in [-0.05, 0) is 54.7 Å². The number of anilines is 1. The lowest BCUT2D eigenvalue weighted by molar-refractivity contribution is -0.139. The molecule has 0 bridgehead atoms. The summed E-state index contributed by atoms with van der Waals surface area (Å²) in [7, 11) is 0. The van der Waals surface area contributed by atoms with Gasteiger partial charge in [-0.3, -0.25) is 4.79 Å². The zero-order valence-electron chi connectivity index (χ0n) is 14.5. The molecule has 0 spiro atoms. The molecule has 1 amide bonds. The maximum absolute atomic E-state index is 12.1. The molecule has 0 fully saturated rings. The largest absolute Gasteiger partial charge is 0.482 e. The van der Waals surface area contributed by atoms with Crippen LogP contribution in [0, 0.1) is 6.92 Å². The van der Waals surface area contributed by atoms with Crippen LogP contribution in [0.15, 0.2) is 42.5 Å². The predicted octanol–water partition coefficient (Wildman–Crippen LogP) is 3.59. The highest BCUT2D eigenvalue weighted by atomic mass is 16.5. The van der Waals surface area contributed by atoms with Crippen LogP contribution >= 0.6 is 0 Å². The number of rotatable bonds is 8. The maximum atomic E-state index is 12.1. The Kier molecular flexibility index (Phi) is 6.57. The van der Waals surface area contributed by atoms with E-state index >= 15 is 0 Å². The van der Waals surface area contributed by atoms with E-state index in [2.05, 4.69) is 36.5 Å². The van der Waals surface area contributed by atoms with Gasteiger partial charge in [0.2, 0.25) is 5.91 Å². The second-order valence-electron chi connectivity index (χ2n) is 5.88. The highest BCUT2D eigenvalue weighted by molar-refractivity contribution is 5.91. The Labute approximate surface area is 147 Å². The Morgan fingerprint density at radius 1 is 1.08 bits per heavy atom. The number of benzene rings is 2. The van der Waals surface area contributed by atoms with E-state index < -0.39 is 5.97 Å². The Bertz CT molecular complexity index is 738. The number of aryl methyl sites for hydroxylation is 3. The number of amides is 1. The summed E-state index contributed by atoms with van der Waals surface area (Å²) in [4.78, 5) is 22.7. The maximum Gasteiger partial charge on any atom is 0.341 e. The van der Waals surface area contributed by atoms with Gasteiger partial charge in [0, 0.05) is 12.1 Å². The number of nitrogens with one attached hydrogen (secondary N) is 1. The summed E-state index contributed by atoms with van der Waals surface area (Å²) in [6.45, 7) is 3.57. The van der Waals surface area contributed by atoms with Crippen molar-refractivity contribution in [3.8, 4) is 5.75 Å². The average Bonchev–Trinajstić information content (AvgIpc) is 2.60. The number of hydrogen-bond donors (Lipinski definition) is 2. The Balaban J connectivity index is 1.87. The molecule has 0 aliphatic heterocycles. The summed E-state index contributed by atoms with van der Waals surface area (Å²) in [5, 5.41) is 11.5. The van der Waals surface area contributed by atoms with Crippen molar-refractivity contribution >= 4 is 17.6 Å². The van der Waals surface area contributed by atoms with Crippen LogP contribution in [0.25, 0.3) is 0 Å². The van der Waals surface area contributed by atoms with Crippen LogP contribution in [0.5, 0.6) is 5.75 Å². The molecule has 25 heavy (non-hydrogen) atoms. The van der Waals surface area contributed by atoms with Gasteiger partial charge in [0.05, 0.1) is 0 Å². The Morgan fingerprint density at radius 2 is 1.76 bits per heavy atom. The second-order valence-corrected chi connectivity index (χ2v) is 5.88. The van der Waals surface area contributed by atoms with Crippen LogP contribution in [0.2, 0.25) is 0 Å². The molecule has 0 atom stereocenters. The van der Waals surface area contributed by atoms with E-state index in [4.69, 9.17) is 9.84 Å². The molecule has 0 aromatic heterocycles. The minimum absolute atomic E-state index is 0.0538. The fraction of sp³-hybridized carbons (Fsp3) is 0.300. The third-order valence-corrected chi connectivity index (χ3v) is 3.91. The number of hydrogen-bond acceptors (Lipinski definition) is 3. The summed E-state index contributed by atoms with van der Waals surface area (Å²) in [6, 6.07) is 13.4. The van der Waals surface area contributed by atoms with Crippen LogP contribution in [0.3, 0.4) is 0 Å². The van der Waals surface area contributed by atoms with E-state index in [9.17, 15) is 9.59 Å². The van der Waals surface area contributed by atoms with E-state index in [1.807, 2.05) is 6.92 Å². The first-order chi connectivity index (χ1) is 12.0. The van der Waals surface area contributed by atoms with E-state index in [-0.39, 0.29) is 12.5 Å². The lowest BCUT2D eigenvalue weighted by atomic mass is 10.1. The lowest BCUT2D eigenvalue weighted by Crippen LogP contribution is -2.13. The first-order valence-electron chi connectivity index (χ1n) is 8.31. The third kappa shape index (κ3) is 5.95. The van der Waals surface area contributed by atoms with Crippen molar-refractivity contribution in [1.29, 1.82) is 0 Å². The van der Waals surface area contributed by atoms with Crippen molar-refractivity contribution in [2.75, 3.05) is 11.9 Å². The average molecular weight is 341 g/mol. The molecule has 2 rings (SSSR count). The van der Waals surface area contributed by atoms with Gasteiger partial charge in [-0.1, -0.05) is 31.2 Å². The van der Waals surface area contributed by atoms with Crippen LogP contribution < -0.4 is 10.1 Å². The minimum Gasteiger partial charge on any atom is -0.482 e. The standard InChI is InChI=1S/C20H23NO4/c1-3-15-4-6-16(7-5-15)8-11-19(22)21-18-10-9-17(12-14(18)2)25-13-20(23)24/h4-7,9-10,12H,3,8,11,13H2,1-2H3,(H,21,22)(H,23,24). The number of carboxylic acid groups (broad SMARTS) is 1. The number of carboxylic acids is 1. The van der Waals surface area contributed by atoms with Crippen molar-refractivity contribution in [2.45, 2.75) is 33.1 Å². The molecule has 0 aliphatic rings. The van der Waals surface area contributed by atoms with Crippen LogP contribution in [0.1, 0.15) is 30.0 Å². The zero-order valence-corrected chi connectivity index (χ0v) is 14.5. The molecule has 0 unspecified atom stereocenters. The molecule has 2 aromatic carbocycles. The van der Waals surface area contributed by atoms with Crippen molar-refractivity contribution in [2.24, 2.45) is 0 Å². The number of carbonyl (C=O) groups is 2. The molecule has 132 valence electrons. The first-order valence-corrected chi connectivity index (χ1v) is 8.31. The molecular weight excluding hydrogens is 318 g/mol. The molecule has 0 saturated carbocycles. The second kappa shape index (κ2) is 8.87. The molecule has 5 nitrogen and oxygen atoms in total. The molecule has 2 aromatic rings. The summed E-state index contributed by atoms with van der Waals surface area (Å²) < 4.78 is 5.12. The van der Waals surface area contributed by atoms with Gasteiger partial charge in [0.1, 0.15) is 5.75 Å². The summed E-state index contributed by atoms with van der Waals surface area (Å²) >= 11 is 0. The summed E-state index contributed by atoms with van der Waals surface area (Å²) in [5.74, 6) is -0.613. The smallest absolute Gasteiger partial charge is 0.341 e. The summed E-state index contributed by atoms with van der Waals surface area (Å²) in [6.07, 6.45) is 2.10. The van der Waals surface area contributed by atoms with Gasteiger partial charge in [0.25, 0.3) is 0 Å². The highest BCUT2D eigenvalue weighted by Crippen LogP contribution is 2.21. The SMILES string of the molecule is CCc1ccc(CCC(=O)Nc2ccc(OCC(=O)O)cc2C)cc1. The van der Waals surface area contributed by atoms with Gasteiger partial charge in [0.15, 0.2) is 6.61 Å². The van der Waals surface area contributed by atoms with Crippen molar-refractivity contribution < 1.29 is 19.4 Å². The Hall–Kier alpha value is -2.82. The van der Waals surface area contributed by atoms with Crippen LogP contribution in [-0.2, 0) is 22.4 Å². The molecule has 5 heteroatoms. The number of ether oxygens (including phenoxy) is 1. The van der Waals surface area contributed by atoms with Crippen molar-refractivity contribution in [3.05, 3.63) is 59.2 Å². The normalized spacial score (nSPS) is 10.3. The van der Waals surface area contributed by atoms with Crippen molar-refractivity contribution in [1.82, 2.24) is 0 Å². The zero-order chi connectivity index (χ0) is 18.2. The minimum atomic E-state index is -1.03. The van der Waals surface area contributed by atoms with E-state index in [1.54, 1.807) is 18.2 Å². The molecule has 0 saturated heterocycles. The number of carbonyl (C=O) groups excluding carboxylic acids is 1. The molecule has 0 aliphatic carbocycles. The van der Waals surface area contributed by atoms with Gasteiger partial charge in [-0.25, -0.2) is 4.79 Å². The molecule has 0 heterocycles. The van der Waals surface area contributed by atoms with Gasteiger partial charge in [-0.15, -0.1) is 0 Å². The molecule has 2 N–H and O–H groups in total. The van der Waals surface area contributed by atoms with Gasteiger partial charge < -0.3 is 15.2 Å². The lowest BCUT2D eigenvalue weighted by Gasteiger charge is -2.11. The molecular formula is C20H23NO4. The van der Waals surface area contributed by atoms with E-state index in [0.717, 1.165) is 17.5 Å². The van der Waals surface area contributed by atoms with Crippen LogP contribution in [-0.4, -0.2) is 23.6 Å². The Morgan fingerprint density at radius 3 is 2.36 bits per heavy atom.